The first-order valence-electron chi connectivity index (χ1n) is 4.52. The second kappa shape index (κ2) is 3.79. The Labute approximate surface area is 89.6 Å². The first-order valence-corrected chi connectivity index (χ1v) is 4.52. The summed E-state index contributed by atoms with van der Waals surface area (Å²) in [7, 11) is 0. The number of benzene rings is 1. The number of phenolic OH excluding ortho intramolecular Hbond substituents is 1. The Morgan fingerprint density at radius 3 is 2.81 bits per heavy atom. The monoisotopic (exact) mass is 220 g/mol. The Morgan fingerprint density at radius 2 is 2.12 bits per heavy atom. The summed E-state index contributed by atoms with van der Waals surface area (Å²) in [5.74, 6) is -0.821. The van der Waals surface area contributed by atoms with Gasteiger partial charge in [0.2, 0.25) is 0 Å². The molecule has 0 spiro atoms. The van der Waals surface area contributed by atoms with Crippen LogP contribution < -0.4 is 5.63 Å². The Bertz CT molecular complexity index is 611. The summed E-state index contributed by atoms with van der Waals surface area (Å²) >= 11 is 0. The second-order valence-electron chi connectivity index (χ2n) is 3.22. The summed E-state index contributed by atoms with van der Waals surface area (Å²) in [5.41, 5.74) is -0.643. The predicted molar refractivity (Wildman–Crippen MR) is 55.6 cm³/mol. The van der Waals surface area contributed by atoms with E-state index in [0.29, 0.717) is 0 Å². The SMILES string of the molecule is O=C(CO)c1coc(=O)c2c(O)cccc12. The van der Waals surface area contributed by atoms with Gasteiger partial charge < -0.3 is 14.6 Å². The van der Waals surface area contributed by atoms with E-state index in [1.807, 2.05) is 0 Å². The third-order valence-electron chi connectivity index (χ3n) is 2.26. The fourth-order valence-electron chi connectivity index (χ4n) is 1.52. The molecule has 82 valence electrons. The third kappa shape index (κ3) is 1.47. The number of carbonyl (C=O) groups excluding carboxylic acids is 1. The number of aromatic hydroxyl groups is 1. The topological polar surface area (TPSA) is 87.7 Å². The van der Waals surface area contributed by atoms with Gasteiger partial charge in [0.05, 0.1) is 5.56 Å². The average molecular weight is 220 g/mol. The first kappa shape index (κ1) is 10.4. The van der Waals surface area contributed by atoms with Gasteiger partial charge in [0, 0.05) is 5.39 Å². The lowest BCUT2D eigenvalue weighted by molar-refractivity contribution is 0.0903. The number of hydrogen-bond acceptors (Lipinski definition) is 5. The molecule has 0 atom stereocenters. The van der Waals surface area contributed by atoms with E-state index in [1.54, 1.807) is 0 Å². The zero-order valence-corrected chi connectivity index (χ0v) is 8.14. The summed E-state index contributed by atoms with van der Waals surface area (Å²) in [4.78, 5) is 22.7. The molecule has 0 radical (unpaired) electrons. The number of hydrogen-bond donors (Lipinski definition) is 2. The summed E-state index contributed by atoms with van der Waals surface area (Å²) in [6.07, 6.45) is 0.989. The molecule has 2 aromatic rings. The van der Waals surface area contributed by atoms with E-state index in [9.17, 15) is 14.7 Å². The molecule has 1 aromatic carbocycles. The van der Waals surface area contributed by atoms with Crippen LogP contribution in [0.5, 0.6) is 5.75 Å². The van der Waals surface area contributed by atoms with E-state index in [2.05, 4.69) is 4.42 Å². The van der Waals surface area contributed by atoms with Crippen molar-refractivity contribution in [2.75, 3.05) is 6.61 Å². The number of aliphatic hydroxyl groups excluding tert-OH is 1. The van der Waals surface area contributed by atoms with E-state index < -0.39 is 18.0 Å². The van der Waals surface area contributed by atoms with E-state index in [4.69, 9.17) is 5.11 Å². The second-order valence-corrected chi connectivity index (χ2v) is 3.22. The lowest BCUT2D eigenvalue weighted by Gasteiger charge is -2.03. The molecule has 1 aromatic heterocycles. The lowest BCUT2D eigenvalue weighted by atomic mass is 10.1. The van der Waals surface area contributed by atoms with Gasteiger partial charge >= 0.3 is 5.63 Å². The molecule has 5 nitrogen and oxygen atoms in total. The molecule has 0 bridgehead atoms. The fraction of sp³-hybridized carbons (Fsp3) is 0.0909. The Balaban J connectivity index is 2.90. The van der Waals surface area contributed by atoms with Gasteiger partial charge in [-0.15, -0.1) is 0 Å². The van der Waals surface area contributed by atoms with Crippen LogP contribution in [0.4, 0.5) is 0 Å². The number of carbonyl (C=O) groups is 1. The molecule has 0 fully saturated rings. The molecular weight excluding hydrogens is 212 g/mol. The van der Waals surface area contributed by atoms with Gasteiger partial charge in [0.15, 0.2) is 5.78 Å². The average Bonchev–Trinajstić information content (AvgIpc) is 2.28. The highest BCUT2D eigenvalue weighted by atomic mass is 16.4. The normalized spacial score (nSPS) is 10.6. The van der Waals surface area contributed by atoms with Crippen LogP contribution in [0.15, 0.2) is 33.7 Å². The van der Waals surface area contributed by atoms with Crippen molar-refractivity contribution in [2.45, 2.75) is 0 Å². The quantitative estimate of drug-likeness (QED) is 0.726. The lowest BCUT2D eigenvalue weighted by Crippen LogP contribution is -2.09. The van der Waals surface area contributed by atoms with Crippen LogP contribution in [0.25, 0.3) is 10.8 Å². The van der Waals surface area contributed by atoms with Gasteiger partial charge in [-0.05, 0) is 6.07 Å². The molecule has 0 aliphatic carbocycles. The van der Waals surface area contributed by atoms with Crippen molar-refractivity contribution >= 4 is 16.6 Å². The third-order valence-corrected chi connectivity index (χ3v) is 2.26. The summed E-state index contributed by atoms with van der Waals surface area (Å²) in [5, 5.41) is 18.5. The molecule has 0 unspecified atom stereocenters. The van der Waals surface area contributed by atoms with Crippen LogP contribution in [0, 0.1) is 0 Å². The van der Waals surface area contributed by atoms with Crippen molar-refractivity contribution in [1.82, 2.24) is 0 Å². The maximum Gasteiger partial charge on any atom is 0.347 e. The molecule has 2 rings (SSSR count). The van der Waals surface area contributed by atoms with Gasteiger partial charge in [-0.25, -0.2) is 4.79 Å². The maximum absolute atomic E-state index is 11.4. The van der Waals surface area contributed by atoms with Crippen molar-refractivity contribution in [3.63, 3.8) is 0 Å². The zero-order chi connectivity index (χ0) is 11.7. The van der Waals surface area contributed by atoms with Gasteiger partial charge in [-0.1, -0.05) is 12.1 Å². The molecule has 1 heterocycles. The van der Waals surface area contributed by atoms with Crippen LogP contribution in [-0.2, 0) is 0 Å². The van der Waals surface area contributed by atoms with Crippen LogP contribution in [0.3, 0.4) is 0 Å². The van der Waals surface area contributed by atoms with Crippen LogP contribution in [0.2, 0.25) is 0 Å². The summed E-state index contributed by atoms with van der Waals surface area (Å²) < 4.78 is 4.63. The molecule has 0 aliphatic rings. The van der Waals surface area contributed by atoms with Gasteiger partial charge in [0.25, 0.3) is 0 Å². The highest BCUT2D eigenvalue weighted by Crippen LogP contribution is 2.23. The molecular formula is C11H8O5. The number of Topliss-reactive ketones (excluding diaryl/α,β-unsaturated/α-hetero) is 1. The van der Waals surface area contributed by atoms with Crippen molar-refractivity contribution in [3.8, 4) is 5.75 Å². The highest BCUT2D eigenvalue weighted by Gasteiger charge is 2.14. The van der Waals surface area contributed by atoms with Gasteiger partial charge in [-0.2, -0.15) is 0 Å². The minimum Gasteiger partial charge on any atom is -0.507 e. The number of ketones is 1. The van der Waals surface area contributed by atoms with Crippen LogP contribution in [-0.4, -0.2) is 22.6 Å². The van der Waals surface area contributed by atoms with Crippen molar-refractivity contribution in [2.24, 2.45) is 0 Å². The van der Waals surface area contributed by atoms with E-state index in [0.717, 1.165) is 6.26 Å². The van der Waals surface area contributed by atoms with Crippen LogP contribution in [0.1, 0.15) is 10.4 Å². The van der Waals surface area contributed by atoms with Crippen molar-refractivity contribution in [3.05, 3.63) is 40.4 Å². The number of fused-ring (bicyclic) bond motifs is 1. The molecule has 0 aliphatic heterocycles. The summed E-state index contributed by atoms with van der Waals surface area (Å²) in [6, 6.07) is 4.34. The Hall–Kier alpha value is -2.14. The largest absolute Gasteiger partial charge is 0.507 e. The highest BCUT2D eigenvalue weighted by molar-refractivity contribution is 6.08. The number of aliphatic hydroxyl groups is 1. The van der Waals surface area contributed by atoms with Crippen molar-refractivity contribution in [1.29, 1.82) is 0 Å². The maximum atomic E-state index is 11.4. The molecule has 5 heteroatoms. The predicted octanol–water partition coefficient (Wildman–Crippen LogP) is 0.674. The molecule has 16 heavy (non-hydrogen) atoms. The molecule has 0 saturated heterocycles. The van der Waals surface area contributed by atoms with E-state index in [-0.39, 0.29) is 22.1 Å². The van der Waals surface area contributed by atoms with E-state index >= 15 is 0 Å². The molecule has 0 saturated carbocycles. The first-order chi connectivity index (χ1) is 7.65. The smallest absolute Gasteiger partial charge is 0.347 e. The summed E-state index contributed by atoms with van der Waals surface area (Å²) in [6.45, 7) is -0.682. The van der Waals surface area contributed by atoms with Crippen molar-refractivity contribution < 1.29 is 19.4 Å². The fourth-order valence-corrected chi connectivity index (χ4v) is 1.52. The van der Waals surface area contributed by atoms with Gasteiger partial charge in [0.1, 0.15) is 24.0 Å². The minimum atomic E-state index is -0.720. The standard InChI is InChI=1S/C11H8O5/c12-4-9(14)7-5-16-11(15)10-6(7)2-1-3-8(10)13/h1-3,5,12-13H,4H2. The minimum absolute atomic E-state index is 0.0539. The van der Waals surface area contributed by atoms with Crippen LogP contribution >= 0.6 is 0 Å². The Kier molecular flexibility index (Phi) is 2.46. The van der Waals surface area contributed by atoms with E-state index in [1.165, 1.54) is 18.2 Å². The molecule has 0 amide bonds. The number of rotatable bonds is 2. The zero-order valence-electron chi connectivity index (χ0n) is 8.14. The Morgan fingerprint density at radius 1 is 1.38 bits per heavy atom. The number of phenols is 1. The van der Waals surface area contributed by atoms with Gasteiger partial charge in [-0.3, -0.25) is 4.79 Å². The molecule has 2 N–H and O–H groups in total.